The first-order chi connectivity index (χ1) is 21.4. The Kier molecular flexibility index (Phi) is 8.49. The van der Waals surface area contributed by atoms with Gasteiger partial charge in [-0.1, -0.05) is 0 Å². The molecular formula is C40H49Cl2N2SiZr+2. The number of halogens is 2. The molecule has 2 atom stereocenters. The van der Waals surface area contributed by atoms with E-state index in [1.165, 1.54) is 67.0 Å². The van der Waals surface area contributed by atoms with Crippen LogP contribution in [-0.2, 0) is 15.6 Å². The summed E-state index contributed by atoms with van der Waals surface area (Å²) < 4.78 is 1.55. The molecule has 0 amide bonds. The van der Waals surface area contributed by atoms with Crippen LogP contribution in [0.15, 0.2) is 96.1 Å². The van der Waals surface area contributed by atoms with Crippen LogP contribution >= 0.6 is 17.0 Å². The number of hydrogen-bond acceptors (Lipinski definition) is 0. The molecule has 0 aliphatic heterocycles. The zero-order chi connectivity index (χ0) is 33.4. The third-order valence-electron chi connectivity index (χ3n) is 10.6. The van der Waals surface area contributed by atoms with Crippen molar-refractivity contribution in [3.63, 3.8) is 0 Å². The first-order valence-corrected chi connectivity index (χ1v) is 32.8. The number of nitrogens with zero attached hydrogens (tertiary/aromatic N) is 2. The summed E-state index contributed by atoms with van der Waals surface area (Å²) in [7, 11) is 30.8. The fourth-order valence-corrected chi connectivity index (χ4v) is 40.9. The van der Waals surface area contributed by atoms with Crippen LogP contribution in [0, 0.1) is 0 Å². The van der Waals surface area contributed by atoms with Crippen LogP contribution in [0.25, 0.3) is 34.4 Å². The van der Waals surface area contributed by atoms with Gasteiger partial charge >= 0.3 is 288 Å². The molecule has 2 unspecified atom stereocenters. The summed E-state index contributed by atoms with van der Waals surface area (Å²) in [5.74, 6) is -1.66. The van der Waals surface area contributed by atoms with Gasteiger partial charge in [0.25, 0.3) is 0 Å². The summed E-state index contributed by atoms with van der Waals surface area (Å²) in [6.07, 6.45) is 4.84. The predicted molar refractivity (Wildman–Crippen MR) is 206 cm³/mol. The standard InChI is InChI=1S/2C19H21N.C2H7Si.2ClH.Zr/c2*1-14-10-16-12-17(20(2,3)4)13-19(18(16)11-14)15-8-6-5-7-9-15;1-3-2;;;/h2*5-13H,1-4H3;3H,1-2H3;2*1H;/q2*+1;;;;+2/p-2. The van der Waals surface area contributed by atoms with Gasteiger partial charge in [0, 0.05) is 0 Å². The van der Waals surface area contributed by atoms with Gasteiger partial charge < -0.3 is 0 Å². The maximum absolute atomic E-state index is 8.66. The van der Waals surface area contributed by atoms with Gasteiger partial charge in [0.2, 0.25) is 0 Å². The second-order valence-electron chi connectivity index (χ2n) is 15.8. The summed E-state index contributed by atoms with van der Waals surface area (Å²) >= 11 is -4.87. The number of allylic oxidation sites excluding steroid dienone is 2. The Bertz CT molecular complexity index is 1760. The molecule has 4 aromatic rings. The van der Waals surface area contributed by atoms with E-state index in [4.69, 9.17) is 17.0 Å². The summed E-state index contributed by atoms with van der Waals surface area (Å²) in [6.45, 7) is 9.47. The summed E-state index contributed by atoms with van der Waals surface area (Å²) in [6, 6.07) is 31.3. The Morgan fingerprint density at radius 1 is 0.565 bits per heavy atom. The van der Waals surface area contributed by atoms with Crippen molar-refractivity contribution >= 4 is 46.5 Å². The van der Waals surface area contributed by atoms with Crippen molar-refractivity contribution in [2.24, 2.45) is 0 Å². The van der Waals surface area contributed by atoms with Crippen molar-refractivity contribution in [2.45, 2.75) is 34.2 Å². The molecule has 6 rings (SSSR count). The number of rotatable bonds is 7. The molecule has 46 heavy (non-hydrogen) atoms. The van der Waals surface area contributed by atoms with E-state index < -0.39 is 21.5 Å². The topological polar surface area (TPSA) is 0 Å². The van der Waals surface area contributed by atoms with E-state index in [-0.39, 0.29) is 7.25 Å². The fraction of sp³-hybridized carbons (Fsp3) is 0.300. The molecule has 2 aliphatic rings. The van der Waals surface area contributed by atoms with Gasteiger partial charge in [0.1, 0.15) is 0 Å². The van der Waals surface area contributed by atoms with Gasteiger partial charge in [-0.15, -0.1) is 0 Å². The van der Waals surface area contributed by atoms with Crippen LogP contribution in [0.1, 0.15) is 43.4 Å². The molecule has 0 spiro atoms. The number of fused-ring (bicyclic) bond motifs is 2. The van der Waals surface area contributed by atoms with Crippen LogP contribution in [0.3, 0.4) is 0 Å². The Labute approximate surface area is 286 Å². The molecule has 0 radical (unpaired) electrons. The number of quaternary nitrogens is 2. The van der Waals surface area contributed by atoms with E-state index >= 15 is 0 Å². The predicted octanol–water partition coefficient (Wildman–Crippen LogP) is 11.0. The monoisotopic (exact) mass is 745 g/mol. The van der Waals surface area contributed by atoms with Gasteiger partial charge in [-0.05, 0) is 0 Å². The average Bonchev–Trinajstić information content (AvgIpc) is 3.52. The minimum absolute atomic E-state index is 0.0488. The molecule has 6 heteroatoms. The molecular weight excluding hydrogens is 699 g/mol. The van der Waals surface area contributed by atoms with Crippen molar-refractivity contribution in [3.05, 3.63) is 118 Å². The summed E-state index contributed by atoms with van der Waals surface area (Å²) in [5.41, 5.74) is 15.5. The third kappa shape index (κ3) is 5.42. The van der Waals surface area contributed by atoms with Gasteiger partial charge in [-0.25, -0.2) is 0 Å². The molecule has 0 fully saturated rings. The van der Waals surface area contributed by atoms with E-state index in [1.54, 1.807) is 0 Å². The van der Waals surface area contributed by atoms with E-state index in [0.29, 0.717) is 0 Å². The van der Waals surface area contributed by atoms with Crippen molar-refractivity contribution in [3.8, 4) is 22.3 Å². The van der Waals surface area contributed by atoms with Crippen LogP contribution < -0.4 is 8.97 Å². The maximum atomic E-state index is 8.66. The van der Waals surface area contributed by atoms with E-state index in [2.05, 4.69) is 166 Å². The van der Waals surface area contributed by atoms with Gasteiger partial charge in [-0.3, -0.25) is 0 Å². The van der Waals surface area contributed by atoms with Crippen molar-refractivity contribution < 1.29 is 15.6 Å². The quantitative estimate of drug-likeness (QED) is 0.130. The molecule has 0 saturated heterocycles. The first-order valence-electron chi connectivity index (χ1n) is 16.5. The molecule has 0 aromatic heterocycles. The van der Waals surface area contributed by atoms with Crippen molar-refractivity contribution in [1.29, 1.82) is 0 Å². The van der Waals surface area contributed by atoms with Gasteiger partial charge in [0.05, 0.1) is 0 Å². The number of hydrogen-bond donors (Lipinski definition) is 0. The SMILES string of the molecule is CC1=Cc2c(-c3ccccc3)cc([N+](C)(C)C)cc2[CH]1[Zr]([Cl])([Cl])([CH]1C(C)=Cc2c(-c3ccccc3)cc([N+](C)(C)C)cc21)[SiH](C)C. The summed E-state index contributed by atoms with van der Waals surface area (Å²) in [4.78, 5) is 0. The Morgan fingerprint density at radius 3 is 1.22 bits per heavy atom. The van der Waals surface area contributed by atoms with Gasteiger partial charge in [-0.2, -0.15) is 0 Å². The minimum atomic E-state index is -4.87. The third-order valence-corrected chi connectivity index (χ3v) is 62.9. The number of benzene rings is 4. The summed E-state index contributed by atoms with van der Waals surface area (Å²) in [5, 5.41) is 0. The normalized spacial score (nSPS) is 18.9. The molecule has 4 aromatic carbocycles. The van der Waals surface area contributed by atoms with E-state index in [9.17, 15) is 0 Å². The zero-order valence-corrected chi connectivity index (χ0v) is 34.2. The molecule has 239 valence electrons. The second kappa shape index (κ2) is 11.5. The fourth-order valence-electron chi connectivity index (χ4n) is 8.02. The van der Waals surface area contributed by atoms with E-state index in [0.717, 1.165) is 8.97 Å². The molecule has 0 heterocycles. The van der Waals surface area contributed by atoms with Crippen molar-refractivity contribution in [2.75, 3.05) is 42.3 Å². The van der Waals surface area contributed by atoms with Crippen molar-refractivity contribution in [1.82, 2.24) is 8.97 Å². The zero-order valence-electron chi connectivity index (χ0n) is 29.1. The first kappa shape index (κ1) is 33.8. The van der Waals surface area contributed by atoms with Gasteiger partial charge in [0.15, 0.2) is 0 Å². The molecule has 0 N–H and O–H groups in total. The van der Waals surface area contributed by atoms with Crippen LogP contribution in [0.5, 0.6) is 0 Å². The molecule has 2 nitrogen and oxygen atoms in total. The Morgan fingerprint density at radius 2 is 0.913 bits per heavy atom. The van der Waals surface area contributed by atoms with Crippen LogP contribution in [0.4, 0.5) is 11.4 Å². The molecule has 0 saturated carbocycles. The Balaban J connectivity index is 1.65. The average molecular weight is 748 g/mol. The van der Waals surface area contributed by atoms with E-state index in [1.807, 2.05) is 0 Å². The Hall–Kier alpha value is -2.04. The molecule has 0 bridgehead atoms. The second-order valence-corrected chi connectivity index (χ2v) is 58.3. The molecule has 2 aliphatic carbocycles. The van der Waals surface area contributed by atoms with Crippen LogP contribution in [-0.4, -0.2) is 48.2 Å². The van der Waals surface area contributed by atoms with Crippen LogP contribution in [0.2, 0.25) is 13.1 Å².